The van der Waals surface area contributed by atoms with E-state index >= 15 is 0 Å². The first-order chi connectivity index (χ1) is 6.33. The lowest BCUT2D eigenvalue weighted by Crippen LogP contribution is -2.19. The maximum Gasteiger partial charge on any atom is 0.166 e. The van der Waals surface area contributed by atoms with Crippen molar-refractivity contribution in [1.82, 2.24) is 0 Å². The van der Waals surface area contributed by atoms with E-state index < -0.39 is 0 Å². The van der Waals surface area contributed by atoms with Crippen LogP contribution in [-0.4, -0.2) is 12.3 Å². The molecule has 0 unspecified atom stereocenters. The SMILES string of the molecule is CCc1cccc2c1NCCC2=O. The number of nitrogens with one attached hydrogen (secondary N) is 1. The lowest BCUT2D eigenvalue weighted by Gasteiger charge is -2.19. The maximum atomic E-state index is 11.5. The number of rotatable bonds is 1. The second-order valence-corrected chi connectivity index (χ2v) is 3.29. The average molecular weight is 175 g/mol. The summed E-state index contributed by atoms with van der Waals surface area (Å²) in [6.45, 7) is 2.89. The lowest BCUT2D eigenvalue weighted by molar-refractivity contribution is 0.0983. The molecule has 0 aromatic heterocycles. The first-order valence-electron chi connectivity index (χ1n) is 4.72. The minimum atomic E-state index is 0.268. The first-order valence-corrected chi connectivity index (χ1v) is 4.72. The Balaban J connectivity index is 2.54. The number of fused-ring (bicyclic) bond motifs is 1. The molecule has 2 rings (SSSR count). The van der Waals surface area contributed by atoms with Crippen LogP contribution in [0.2, 0.25) is 0 Å². The molecule has 2 nitrogen and oxygen atoms in total. The molecule has 0 amide bonds. The van der Waals surface area contributed by atoms with Crippen molar-refractivity contribution in [3.63, 3.8) is 0 Å². The van der Waals surface area contributed by atoms with Crippen LogP contribution in [0.4, 0.5) is 5.69 Å². The van der Waals surface area contributed by atoms with E-state index in [1.165, 1.54) is 5.56 Å². The van der Waals surface area contributed by atoms with Gasteiger partial charge < -0.3 is 5.32 Å². The van der Waals surface area contributed by atoms with Gasteiger partial charge in [0.25, 0.3) is 0 Å². The molecule has 0 atom stereocenters. The van der Waals surface area contributed by atoms with Gasteiger partial charge >= 0.3 is 0 Å². The molecule has 2 heteroatoms. The second-order valence-electron chi connectivity index (χ2n) is 3.29. The Labute approximate surface area is 78.0 Å². The van der Waals surface area contributed by atoms with Gasteiger partial charge in [-0.15, -0.1) is 0 Å². The van der Waals surface area contributed by atoms with Gasteiger partial charge in [0.2, 0.25) is 0 Å². The van der Waals surface area contributed by atoms with Crippen molar-refractivity contribution in [2.75, 3.05) is 11.9 Å². The van der Waals surface area contributed by atoms with Gasteiger partial charge in [-0.25, -0.2) is 0 Å². The van der Waals surface area contributed by atoms with Gasteiger partial charge in [0, 0.05) is 24.2 Å². The normalized spacial score (nSPS) is 15.0. The molecule has 1 aromatic rings. The van der Waals surface area contributed by atoms with Crippen LogP contribution in [0.1, 0.15) is 29.3 Å². The number of ketones is 1. The summed E-state index contributed by atoms with van der Waals surface area (Å²) in [6, 6.07) is 5.94. The fraction of sp³-hybridized carbons (Fsp3) is 0.364. The molecule has 13 heavy (non-hydrogen) atoms. The molecule has 0 aliphatic carbocycles. The quantitative estimate of drug-likeness (QED) is 0.709. The predicted octanol–water partition coefficient (Wildman–Crippen LogP) is 2.25. The van der Waals surface area contributed by atoms with Gasteiger partial charge in [0.05, 0.1) is 0 Å². The van der Waals surface area contributed by atoms with Crippen LogP contribution < -0.4 is 5.32 Å². The number of aryl methyl sites for hydroxylation is 1. The monoisotopic (exact) mass is 175 g/mol. The van der Waals surface area contributed by atoms with E-state index in [0.717, 1.165) is 24.2 Å². The van der Waals surface area contributed by atoms with Crippen LogP contribution in [0.25, 0.3) is 0 Å². The van der Waals surface area contributed by atoms with Gasteiger partial charge in [0.1, 0.15) is 0 Å². The lowest BCUT2D eigenvalue weighted by atomic mass is 9.97. The van der Waals surface area contributed by atoms with Crippen molar-refractivity contribution >= 4 is 11.5 Å². The molecule has 1 aliphatic rings. The molecule has 0 saturated heterocycles. The van der Waals surface area contributed by atoms with Crippen molar-refractivity contribution in [2.24, 2.45) is 0 Å². The van der Waals surface area contributed by atoms with E-state index in [1.807, 2.05) is 12.1 Å². The molecule has 0 radical (unpaired) electrons. The van der Waals surface area contributed by atoms with Crippen molar-refractivity contribution in [2.45, 2.75) is 19.8 Å². The third kappa shape index (κ3) is 1.32. The van der Waals surface area contributed by atoms with Gasteiger partial charge in [0.15, 0.2) is 5.78 Å². The Morgan fingerprint density at radius 3 is 3.08 bits per heavy atom. The van der Waals surface area contributed by atoms with Gasteiger partial charge in [-0.2, -0.15) is 0 Å². The van der Waals surface area contributed by atoms with Crippen LogP contribution in [0.5, 0.6) is 0 Å². The number of hydrogen-bond acceptors (Lipinski definition) is 2. The molecule has 1 aromatic carbocycles. The molecule has 1 heterocycles. The first kappa shape index (κ1) is 8.30. The highest BCUT2D eigenvalue weighted by atomic mass is 16.1. The molecule has 1 aliphatic heterocycles. The zero-order valence-electron chi connectivity index (χ0n) is 7.76. The van der Waals surface area contributed by atoms with Crippen LogP contribution in [0, 0.1) is 0 Å². The summed E-state index contributed by atoms with van der Waals surface area (Å²) in [5.41, 5.74) is 3.16. The number of carbonyl (C=O) groups excluding carboxylic acids is 1. The highest BCUT2D eigenvalue weighted by molar-refractivity contribution is 6.03. The topological polar surface area (TPSA) is 29.1 Å². The van der Waals surface area contributed by atoms with E-state index in [-0.39, 0.29) is 5.78 Å². The molecule has 68 valence electrons. The molecule has 0 bridgehead atoms. The standard InChI is InChI=1S/C11H13NO/c1-2-8-4-3-5-9-10(13)6-7-12-11(8)9/h3-5,12H,2,6-7H2,1H3. The van der Waals surface area contributed by atoms with E-state index in [1.54, 1.807) is 0 Å². The fourth-order valence-corrected chi connectivity index (χ4v) is 1.77. The molecule has 0 saturated carbocycles. The summed E-state index contributed by atoms with van der Waals surface area (Å²) >= 11 is 0. The van der Waals surface area contributed by atoms with E-state index in [4.69, 9.17) is 0 Å². The Bertz CT molecular complexity index is 344. The summed E-state index contributed by atoms with van der Waals surface area (Å²) in [5, 5.41) is 3.29. The Morgan fingerprint density at radius 1 is 1.46 bits per heavy atom. The van der Waals surface area contributed by atoms with Gasteiger partial charge in [-0.3, -0.25) is 4.79 Å². The molecule has 1 N–H and O–H groups in total. The van der Waals surface area contributed by atoms with E-state index in [0.29, 0.717) is 6.42 Å². The van der Waals surface area contributed by atoms with E-state index in [2.05, 4.69) is 18.3 Å². The van der Waals surface area contributed by atoms with Gasteiger partial charge in [-0.05, 0) is 18.1 Å². The minimum absolute atomic E-state index is 0.268. The Morgan fingerprint density at radius 2 is 2.31 bits per heavy atom. The number of anilines is 1. The summed E-state index contributed by atoms with van der Waals surface area (Å²) in [5.74, 6) is 0.268. The highest BCUT2D eigenvalue weighted by Crippen LogP contribution is 2.26. The predicted molar refractivity (Wildman–Crippen MR) is 53.3 cm³/mol. The second kappa shape index (κ2) is 3.21. The van der Waals surface area contributed by atoms with Gasteiger partial charge in [-0.1, -0.05) is 19.1 Å². The number of benzene rings is 1. The molecular formula is C11H13NO. The van der Waals surface area contributed by atoms with Crippen molar-refractivity contribution < 1.29 is 4.79 Å². The third-order valence-electron chi connectivity index (χ3n) is 2.49. The average Bonchev–Trinajstić information content (AvgIpc) is 2.18. The zero-order chi connectivity index (χ0) is 9.26. The van der Waals surface area contributed by atoms with Crippen LogP contribution >= 0.6 is 0 Å². The summed E-state index contributed by atoms with van der Waals surface area (Å²) in [6.07, 6.45) is 1.60. The number of para-hydroxylation sites is 1. The zero-order valence-corrected chi connectivity index (χ0v) is 7.76. The Hall–Kier alpha value is -1.31. The molecule has 0 fully saturated rings. The van der Waals surface area contributed by atoms with E-state index in [9.17, 15) is 4.79 Å². The van der Waals surface area contributed by atoms with Crippen LogP contribution in [-0.2, 0) is 6.42 Å². The third-order valence-corrected chi connectivity index (χ3v) is 2.49. The number of carbonyl (C=O) groups is 1. The smallest absolute Gasteiger partial charge is 0.166 e. The number of Topliss-reactive ketones (excluding diaryl/α,β-unsaturated/α-hetero) is 1. The highest BCUT2D eigenvalue weighted by Gasteiger charge is 2.17. The van der Waals surface area contributed by atoms with Crippen LogP contribution in [0.15, 0.2) is 18.2 Å². The van der Waals surface area contributed by atoms with Crippen molar-refractivity contribution in [3.05, 3.63) is 29.3 Å². The van der Waals surface area contributed by atoms with Crippen LogP contribution in [0.3, 0.4) is 0 Å². The molecule has 0 spiro atoms. The number of hydrogen-bond donors (Lipinski definition) is 1. The van der Waals surface area contributed by atoms with Crippen molar-refractivity contribution in [1.29, 1.82) is 0 Å². The van der Waals surface area contributed by atoms with Crippen molar-refractivity contribution in [3.8, 4) is 0 Å². The molecular weight excluding hydrogens is 162 g/mol. The minimum Gasteiger partial charge on any atom is -0.384 e. The Kier molecular flexibility index (Phi) is 2.05. The summed E-state index contributed by atoms with van der Waals surface area (Å²) in [4.78, 5) is 11.5. The maximum absolute atomic E-state index is 11.5. The summed E-state index contributed by atoms with van der Waals surface area (Å²) in [7, 11) is 0. The fourth-order valence-electron chi connectivity index (χ4n) is 1.77. The largest absolute Gasteiger partial charge is 0.384 e. The summed E-state index contributed by atoms with van der Waals surface area (Å²) < 4.78 is 0.